The Balaban J connectivity index is 2.39. The number of hydrogen-bond donors (Lipinski definition) is 1. The molecule has 0 aliphatic carbocycles. The Morgan fingerprint density at radius 2 is 2.18 bits per heavy atom. The molecule has 0 aliphatic rings. The lowest BCUT2D eigenvalue weighted by Gasteiger charge is -2.09. The number of aromatic nitrogens is 1. The molecule has 0 saturated heterocycles. The quantitative estimate of drug-likeness (QED) is 0.906. The van der Waals surface area contributed by atoms with Crippen LogP contribution in [0.4, 0.5) is 5.82 Å². The number of anilines is 1. The van der Waals surface area contributed by atoms with Crippen molar-refractivity contribution in [2.75, 3.05) is 19.5 Å². The number of nitrogens with two attached hydrogens (primary N) is 1. The second-order valence-electron chi connectivity index (χ2n) is 3.38. The zero-order valence-electron chi connectivity index (χ0n) is 9.77. The number of benzene rings is 1. The van der Waals surface area contributed by atoms with E-state index >= 15 is 0 Å². The molecule has 5 heteroatoms. The zero-order valence-corrected chi connectivity index (χ0v) is 10.6. The molecule has 2 N–H and O–H groups in total. The van der Waals surface area contributed by atoms with E-state index in [9.17, 15) is 0 Å². The van der Waals surface area contributed by atoms with Gasteiger partial charge in [0, 0.05) is 10.9 Å². The van der Waals surface area contributed by atoms with Gasteiger partial charge < -0.3 is 15.2 Å². The zero-order chi connectivity index (χ0) is 12.3. The molecule has 90 valence electrons. The number of thiazole rings is 1. The van der Waals surface area contributed by atoms with Gasteiger partial charge >= 0.3 is 0 Å². The molecule has 0 atom stereocenters. The van der Waals surface area contributed by atoms with Gasteiger partial charge in [-0.15, -0.1) is 11.3 Å². The highest BCUT2D eigenvalue weighted by molar-refractivity contribution is 7.13. The molecular formula is C12H14N2O2S. The molecule has 0 radical (unpaired) electrons. The van der Waals surface area contributed by atoms with Gasteiger partial charge in [-0.1, -0.05) is 0 Å². The molecule has 4 nitrogen and oxygen atoms in total. The van der Waals surface area contributed by atoms with Crippen molar-refractivity contribution in [2.24, 2.45) is 0 Å². The molecule has 2 rings (SSSR count). The maximum atomic E-state index is 5.61. The fraction of sp³-hybridized carbons (Fsp3) is 0.250. The monoisotopic (exact) mass is 250 g/mol. The van der Waals surface area contributed by atoms with E-state index in [1.807, 2.05) is 30.5 Å². The van der Waals surface area contributed by atoms with Gasteiger partial charge in [0.2, 0.25) is 0 Å². The van der Waals surface area contributed by atoms with Crippen LogP contribution in [0.25, 0.3) is 10.6 Å². The van der Waals surface area contributed by atoms with Gasteiger partial charge in [0.05, 0.1) is 13.7 Å². The third-order valence-electron chi connectivity index (χ3n) is 2.23. The van der Waals surface area contributed by atoms with E-state index in [1.165, 1.54) is 11.3 Å². The van der Waals surface area contributed by atoms with E-state index in [4.69, 9.17) is 15.2 Å². The molecule has 1 aromatic carbocycles. The Kier molecular flexibility index (Phi) is 3.49. The standard InChI is InChI=1S/C12H14N2O2S/c1-3-16-10-6-8(4-5-9(10)15-2)12-14-11(13)7-17-12/h4-7H,3,13H2,1-2H3. The van der Waals surface area contributed by atoms with E-state index in [0.29, 0.717) is 12.4 Å². The summed E-state index contributed by atoms with van der Waals surface area (Å²) in [6.07, 6.45) is 0. The minimum atomic E-state index is 0.541. The minimum Gasteiger partial charge on any atom is -0.493 e. The second kappa shape index (κ2) is 5.05. The number of hydrogen-bond acceptors (Lipinski definition) is 5. The number of ether oxygens (including phenoxy) is 2. The Labute approximate surface area is 104 Å². The summed E-state index contributed by atoms with van der Waals surface area (Å²) in [6.45, 7) is 2.54. The molecule has 1 heterocycles. The van der Waals surface area contributed by atoms with Crippen LogP contribution in [-0.4, -0.2) is 18.7 Å². The van der Waals surface area contributed by atoms with Gasteiger partial charge in [-0.25, -0.2) is 4.98 Å². The highest BCUT2D eigenvalue weighted by atomic mass is 32.1. The van der Waals surface area contributed by atoms with Crippen LogP contribution in [0.1, 0.15) is 6.92 Å². The molecule has 0 spiro atoms. The lowest BCUT2D eigenvalue weighted by atomic mass is 10.2. The number of methoxy groups -OCH3 is 1. The number of rotatable bonds is 4. The van der Waals surface area contributed by atoms with E-state index in [0.717, 1.165) is 22.1 Å². The summed E-state index contributed by atoms with van der Waals surface area (Å²) < 4.78 is 10.7. The smallest absolute Gasteiger partial charge is 0.161 e. The first-order valence-corrected chi connectivity index (χ1v) is 6.14. The maximum Gasteiger partial charge on any atom is 0.161 e. The molecule has 0 amide bonds. The summed E-state index contributed by atoms with van der Waals surface area (Å²) in [5.41, 5.74) is 6.59. The van der Waals surface area contributed by atoms with E-state index in [-0.39, 0.29) is 0 Å². The van der Waals surface area contributed by atoms with Crippen molar-refractivity contribution in [3.05, 3.63) is 23.6 Å². The van der Waals surface area contributed by atoms with Gasteiger partial charge in [-0.05, 0) is 25.1 Å². The summed E-state index contributed by atoms with van der Waals surface area (Å²) in [5, 5.41) is 2.70. The van der Waals surface area contributed by atoms with Crippen LogP contribution in [0.3, 0.4) is 0 Å². The Morgan fingerprint density at radius 3 is 2.76 bits per heavy atom. The van der Waals surface area contributed by atoms with Crippen molar-refractivity contribution in [2.45, 2.75) is 6.92 Å². The average Bonchev–Trinajstić information content (AvgIpc) is 2.76. The van der Waals surface area contributed by atoms with Gasteiger partial charge in [0.25, 0.3) is 0 Å². The summed E-state index contributed by atoms with van der Waals surface area (Å²) in [4.78, 5) is 4.24. The van der Waals surface area contributed by atoms with Crippen LogP contribution in [0.2, 0.25) is 0 Å². The minimum absolute atomic E-state index is 0.541. The molecular weight excluding hydrogens is 236 g/mol. The van der Waals surface area contributed by atoms with Crippen molar-refractivity contribution in [1.82, 2.24) is 4.98 Å². The normalized spacial score (nSPS) is 10.2. The number of nitrogen functional groups attached to an aromatic ring is 1. The van der Waals surface area contributed by atoms with Gasteiger partial charge in [-0.3, -0.25) is 0 Å². The maximum absolute atomic E-state index is 5.61. The van der Waals surface area contributed by atoms with Gasteiger partial charge in [0.15, 0.2) is 11.5 Å². The van der Waals surface area contributed by atoms with E-state index < -0.39 is 0 Å². The molecule has 0 unspecified atom stereocenters. The molecule has 0 fully saturated rings. The third-order valence-corrected chi connectivity index (χ3v) is 3.14. The Hall–Kier alpha value is -1.75. The van der Waals surface area contributed by atoms with Crippen molar-refractivity contribution in [3.8, 4) is 22.1 Å². The molecule has 2 aromatic rings. The van der Waals surface area contributed by atoms with Crippen molar-refractivity contribution in [3.63, 3.8) is 0 Å². The first kappa shape index (κ1) is 11.7. The van der Waals surface area contributed by atoms with E-state index in [2.05, 4.69) is 4.98 Å². The van der Waals surface area contributed by atoms with Crippen molar-refractivity contribution >= 4 is 17.2 Å². The number of nitrogens with zero attached hydrogens (tertiary/aromatic N) is 1. The highest BCUT2D eigenvalue weighted by Gasteiger charge is 2.09. The van der Waals surface area contributed by atoms with Gasteiger partial charge in [-0.2, -0.15) is 0 Å². The predicted octanol–water partition coefficient (Wildman–Crippen LogP) is 2.80. The lowest BCUT2D eigenvalue weighted by Crippen LogP contribution is -1.95. The lowest BCUT2D eigenvalue weighted by molar-refractivity contribution is 0.311. The highest BCUT2D eigenvalue weighted by Crippen LogP contribution is 2.33. The summed E-state index contributed by atoms with van der Waals surface area (Å²) in [5.74, 6) is 1.99. The average molecular weight is 250 g/mol. The fourth-order valence-electron chi connectivity index (χ4n) is 1.50. The second-order valence-corrected chi connectivity index (χ2v) is 4.23. The van der Waals surface area contributed by atoms with Crippen molar-refractivity contribution in [1.29, 1.82) is 0 Å². The molecule has 0 saturated carbocycles. The molecule has 1 aromatic heterocycles. The van der Waals surface area contributed by atoms with E-state index in [1.54, 1.807) is 7.11 Å². The first-order valence-electron chi connectivity index (χ1n) is 5.26. The predicted molar refractivity (Wildman–Crippen MR) is 69.7 cm³/mol. The van der Waals surface area contributed by atoms with Crippen LogP contribution in [0.15, 0.2) is 23.6 Å². The van der Waals surface area contributed by atoms with Crippen molar-refractivity contribution < 1.29 is 9.47 Å². The van der Waals surface area contributed by atoms with Crippen LogP contribution >= 0.6 is 11.3 Å². The Bertz CT molecular complexity index is 511. The topological polar surface area (TPSA) is 57.4 Å². The largest absolute Gasteiger partial charge is 0.493 e. The van der Waals surface area contributed by atoms with Gasteiger partial charge in [0.1, 0.15) is 10.8 Å². The summed E-state index contributed by atoms with van der Waals surface area (Å²) in [6, 6.07) is 5.73. The van der Waals surface area contributed by atoms with Crippen LogP contribution < -0.4 is 15.2 Å². The Morgan fingerprint density at radius 1 is 1.35 bits per heavy atom. The third kappa shape index (κ3) is 2.50. The van der Waals surface area contributed by atoms with Crippen LogP contribution in [0, 0.1) is 0 Å². The fourth-order valence-corrected chi connectivity index (χ4v) is 2.20. The summed E-state index contributed by atoms with van der Waals surface area (Å²) >= 11 is 1.51. The SMILES string of the molecule is CCOc1cc(-c2nc(N)cs2)ccc1OC. The van der Waals surface area contributed by atoms with Crippen LogP contribution in [-0.2, 0) is 0 Å². The molecule has 17 heavy (non-hydrogen) atoms. The summed E-state index contributed by atoms with van der Waals surface area (Å²) in [7, 11) is 1.62. The van der Waals surface area contributed by atoms with Crippen LogP contribution in [0.5, 0.6) is 11.5 Å². The molecule has 0 bridgehead atoms. The first-order chi connectivity index (χ1) is 8.24. The molecule has 0 aliphatic heterocycles.